The van der Waals surface area contributed by atoms with Crippen LogP contribution in [0.1, 0.15) is 12.8 Å². The number of amides is 1. The Morgan fingerprint density at radius 2 is 2.14 bits per heavy atom. The minimum absolute atomic E-state index is 0.0756. The fourth-order valence-electron chi connectivity index (χ4n) is 2.74. The summed E-state index contributed by atoms with van der Waals surface area (Å²) in [5, 5.41) is 3.02. The van der Waals surface area contributed by atoms with E-state index in [-0.39, 0.29) is 11.9 Å². The number of rotatable bonds is 1. The number of ketones is 1. The number of hydrogen-bond donors (Lipinski definition) is 1. The van der Waals surface area contributed by atoms with Crippen molar-refractivity contribution in [1.29, 1.82) is 0 Å². The van der Waals surface area contributed by atoms with E-state index in [1.807, 2.05) is 0 Å². The smallest absolute Gasteiger partial charge is 0.237 e. The van der Waals surface area contributed by atoms with Crippen molar-refractivity contribution in [2.24, 2.45) is 11.8 Å². The molecule has 1 heterocycles. The second-order valence-corrected chi connectivity index (χ2v) is 4.52. The van der Waals surface area contributed by atoms with Gasteiger partial charge in [-0.1, -0.05) is 0 Å². The highest BCUT2D eigenvalue weighted by Crippen LogP contribution is 2.50. The molecule has 1 amide bonds. The maximum Gasteiger partial charge on any atom is 0.237 e. The van der Waals surface area contributed by atoms with E-state index in [1.54, 1.807) is 4.90 Å². The van der Waals surface area contributed by atoms with Gasteiger partial charge < -0.3 is 10.2 Å². The first-order valence-corrected chi connectivity index (χ1v) is 5.31. The van der Waals surface area contributed by atoms with Crippen LogP contribution in [-0.4, -0.2) is 42.3 Å². The molecule has 14 heavy (non-hydrogen) atoms. The Balaban J connectivity index is 1.75. The maximum atomic E-state index is 11.8. The number of carbonyl (C=O) groups is 2. The van der Waals surface area contributed by atoms with Crippen LogP contribution in [0.25, 0.3) is 0 Å². The highest BCUT2D eigenvalue weighted by Gasteiger charge is 2.55. The summed E-state index contributed by atoms with van der Waals surface area (Å²) in [6.45, 7) is 1.93. The molecular formula is C10H14N2O2. The Bertz CT molecular complexity index is 302. The van der Waals surface area contributed by atoms with E-state index >= 15 is 0 Å². The molecule has 4 nitrogen and oxygen atoms in total. The van der Waals surface area contributed by atoms with Gasteiger partial charge >= 0.3 is 0 Å². The van der Waals surface area contributed by atoms with E-state index in [0.717, 1.165) is 19.4 Å². The lowest BCUT2D eigenvalue weighted by atomic mass is 10.1. The molecule has 1 saturated heterocycles. The molecule has 1 aliphatic heterocycles. The van der Waals surface area contributed by atoms with Crippen LogP contribution in [0.15, 0.2) is 0 Å². The number of piperazine rings is 1. The summed E-state index contributed by atoms with van der Waals surface area (Å²) in [6.07, 6.45) is 2.00. The molecule has 3 atom stereocenters. The molecule has 3 aliphatic rings. The molecule has 2 aliphatic carbocycles. The van der Waals surface area contributed by atoms with Crippen molar-refractivity contribution >= 4 is 11.7 Å². The topological polar surface area (TPSA) is 49.4 Å². The van der Waals surface area contributed by atoms with Gasteiger partial charge in [0, 0.05) is 19.0 Å². The molecule has 0 aromatic heterocycles. The zero-order chi connectivity index (χ0) is 9.71. The number of fused-ring (bicyclic) bond motifs is 1. The molecule has 0 aromatic rings. The molecule has 0 bridgehead atoms. The molecule has 0 spiro atoms. The summed E-state index contributed by atoms with van der Waals surface area (Å²) in [4.78, 5) is 25.1. The summed E-state index contributed by atoms with van der Waals surface area (Å²) in [6, 6.07) is -0.0756. The van der Waals surface area contributed by atoms with Crippen LogP contribution in [-0.2, 0) is 9.59 Å². The molecule has 3 fully saturated rings. The van der Waals surface area contributed by atoms with E-state index in [1.165, 1.54) is 0 Å². The fraction of sp³-hybridized carbons (Fsp3) is 0.800. The fourth-order valence-corrected chi connectivity index (χ4v) is 2.74. The summed E-state index contributed by atoms with van der Waals surface area (Å²) >= 11 is 0. The number of nitrogens with zero attached hydrogens (tertiary/aromatic N) is 1. The van der Waals surface area contributed by atoms with Gasteiger partial charge in [0.05, 0.1) is 12.6 Å². The van der Waals surface area contributed by atoms with Crippen molar-refractivity contribution in [3.05, 3.63) is 0 Å². The van der Waals surface area contributed by atoms with Crippen LogP contribution in [0.3, 0.4) is 0 Å². The van der Waals surface area contributed by atoms with Gasteiger partial charge in [-0.15, -0.1) is 0 Å². The molecule has 1 N–H and O–H groups in total. The van der Waals surface area contributed by atoms with E-state index in [4.69, 9.17) is 0 Å². The quantitative estimate of drug-likeness (QED) is 0.606. The first kappa shape index (κ1) is 8.41. The van der Waals surface area contributed by atoms with Crippen LogP contribution in [0, 0.1) is 11.8 Å². The normalized spacial score (nSPS) is 41.4. The molecule has 4 heteroatoms. The number of Topliss-reactive ketones (excluding diaryl/α,β-unsaturated/α-hetero) is 1. The van der Waals surface area contributed by atoms with Gasteiger partial charge in [0.2, 0.25) is 5.91 Å². The molecule has 0 radical (unpaired) electrons. The summed E-state index contributed by atoms with van der Waals surface area (Å²) in [7, 11) is 0. The molecule has 3 rings (SSSR count). The number of hydrogen-bond acceptors (Lipinski definition) is 3. The van der Waals surface area contributed by atoms with Crippen molar-refractivity contribution in [2.45, 2.75) is 18.9 Å². The van der Waals surface area contributed by atoms with Crippen molar-refractivity contribution in [1.82, 2.24) is 10.2 Å². The standard InChI is InChI=1S/C10H14N2O2/c13-9-5-11-1-2-12(9)8-4-6-3-7(6)10(8)14/h6-8,11H,1-5H2/t6-,7+,8+/m1/s1. The van der Waals surface area contributed by atoms with Crippen molar-refractivity contribution in [3.63, 3.8) is 0 Å². The first-order valence-electron chi connectivity index (χ1n) is 5.31. The van der Waals surface area contributed by atoms with Gasteiger partial charge in [-0.3, -0.25) is 9.59 Å². The minimum atomic E-state index is -0.0756. The SMILES string of the molecule is O=C1[C@H]2C[C@@H]2C[C@@H]1N1CCNCC1=O. The van der Waals surface area contributed by atoms with Gasteiger partial charge in [0.15, 0.2) is 5.78 Å². The van der Waals surface area contributed by atoms with Gasteiger partial charge in [-0.25, -0.2) is 0 Å². The van der Waals surface area contributed by atoms with Gasteiger partial charge in [-0.05, 0) is 18.8 Å². The third-order valence-electron chi connectivity index (χ3n) is 3.64. The van der Waals surface area contributed by atoms with Crippen LogP contribution in [0.4, 0.5) is 0 Å². The van der Waals surface area contributed by atoms with Crippen LogP contribution >= 0.6 is 0 Å². The highest BCUT2D eigenvalue weighted by molar-refractivity contribution is 5.95. The van der Waals surface area contributed by atoms with Crippen LogP contribution in [0.5, 0.6) is 0 Å². The van der Waals surface area contributed by atoms with E-state index in [0.29, 0.717) is 30.7 Å². The van der Waals surface area contributed by atoms with Crippen molar-refractivity contribution in [2.75, 3.05) is 19.6 Å². The second-order valence-electron chi connectivity index (χ2n) is 4.52. The van der Waals surface area contributed by atoms with E-state index in [9.17, 15) is 9.59 Å². The molecular weight excluding hydrogens is 180 g/mol. The largest absolute Gasteiger partial charge is 0.330 e. The number of nitrogens with one attached hydrogen (secondary N) is 1. The lowest BCUT2D eigenvalue weighted by Gasteiger charge is -2.32. The highest BCUT2D eigenvalue weighted by atomic mass is 16.2. The van der Waals surface area contributed by atoms with E-state index < -0.39 is 0 Å². The van der Waals surface area contributed by atoms with Crippen LogP contribution in [0.2, 0.25) is 0 Å². The van der Waals surface area contributed by atoms with E-state index in [2.05, 4.69) is 5.32 Å². The minimum Gasteiger partial charge on any atom is -0.330 e. The predicted molar refractivity (Wildman–Crippen MR) is 49.6 cm³/mol. The lowest BCUT2D eigenvalue weighted by Crippen LogP contribution is -2.54. The average Bonchev–Trinajstić information content (AvgIpc) is 2.88. The summed E-state index contributed by atoms with van der Waals surface area (Å²) in [5.41, 5.74) is 0. The molecule has 2 saturated carbocycles. The Morgan fingerprint density at radius 3 is 2.79 bits per heavy atom. The zero-order valence-electron chi connectivity index (χ0n) is 8.03. The number of carbonyl (C=O) groups excluding carboxylic acids is 2. The second kappa shape index (κ2) is 2.79. The van der Waals surface area contributed by atoms with Crippen molar-refractivity contribution < 1.29 is 9.59 Å². The zero-order valence-corrected chi connectivity index (χ0v) is 8.03. The lowest BCUT2D eigenvalue weighted by molar-refractivity contribution is -0.140. The van der Waals surface area contributed by atoms with Gasteiger partial charge in [0.25, 0.3) is 0 Å². The molecule has 0 unspecified atom stereocenters. The molecule has 0 aromatic carbocycles. The van der Waals surface area contributed by atoms with Crippen LogP contribution < -0.4 is 5.32 Å². The Labute approximate surface area is 82.6 Å². The predicted octanol–water partition coefficient (Wildman–Crippen LogP) is -0.604. The van der Waals surface area contributed by atoms with Gasteiger partial charge in [-0.2, -0.15) is 0 Å². The first-order chi connectivity index (χ1) is 6.77. The Kier molecular flexibility index (Phi) is 1.68. The average molecular weight is 194 g/mol. The van der Waals surface area contributed by atoms with Gasteiger partial charge in [0.1, 0.15) is 0 Å². The third-order valence-corrected chi connectivity index (χ3v) is 3.64. The molecule has 76 valence electrons. The van der Waals surface area contributed by atoms with Crippen molar-refractivity contribution in [3.8, 4) is 0 Å². The maximum absolute atomic E-state index is 11.8. The third kappa shape index (κ3) is 1.10. The Morgan fingerprint density at radius 1 is 1.29 bits per heavy atom. The Hall–Kier alpha value is -0.900. The summed E-state index contributed by atoms with van der Waals surface area (Å²) in [5.74, 6) is 1.33. The monoisotopic (exact) mass is 194 g/mol. The summed E-state index contributed by atoms with van der Waals surface area (Å²) < 4.78 is 0.